The fourth-order valence-electron chi connectivity index (χ4n) is 3.18. The smallest absolute Gasteiger partial charge is 0.248 e. The topological polar surface area (TPSA) is 59.3 Å². The largest absolute Gasteiger partial charge is 0.450 e. The zero-order valence-electron chi connectivity index (χ0n) is 16.8. The lowest BCUT2D eigenvalue weighted by Crippen LogP contribution is -2.11. The molecule has 0 radical (unpaired) electrons. The summed E-state index contributed by atoms with van der Waals surface area (Å²) in [7, 11) is 0. The molecule has 0 bridgehead atoms. The fourth-order valence-corrected chi connectivity index (χ4v) is 3.18. The number of fused-ring (bicyclic) bond motifs is 1. The molecule has 1 heterocycles. The van der Waals surface area contributed by atoms with E-state index in [0.29, 0.717) is 22.2 Å². The summed E-state index contributed by atoms with van der Waals surface area (Å²) in [6, 6.07) is 22.4. The predicted octanol–water partition coefficient (Wildman–Crippen LogP) is 5.93. The van der Waals surface area contributed by atoms with Gasteiger partial charge in [0.2, 0.25) is 11.7 Å². The quantitative estimate of drug-likeness (QED) is 0.336. The SMILES string of the molecule is Cc1ccc(C=CC(=O)Nc2c(C(=O)c3ccc(C)cc3)oc3ccccc23)cc1. The number of anilines is 1. The lowest BCUT2D eigenvalue weighted by atomic mass is 10.1. The summed E-state index contributed by atoms with van der Waals surface area (Å²) >= 11 is 0. The van der Waals surface area contributed by atoms with Gasteiger partial charge in [-0.25, -0.2) is 0 Å². The second-order valence-corrected chi connectivity index (χ2v) is 7.23. The van der Waals surface area contributed by atoms with Crippen molar-refractivity contribution in [1.82, 2.24) is 0 Å². The van der Waals surface area contributed by atoms with Crippen LogP contribution < -0.4 is 5.32 Å². The molecular formula is C26H21NO3. The summed E-state index contributed by atoms with van der Waals surface area (Å²) in [5.74, 6) is -0.485. The molecule has 3 aromatic carbocycles. The third-order valence-corrected chi connectivity index (χ3v) is 4.87. The van der Waals surface area contributed by atoms with Gasteiger partial charge in [-0.05, 0) is 37.6 Å². The highest BCUT2D eigenvalue weighted by molar-refractivity contribution is 6.18. The maximum absolute atomic E-state index is 13.1. The minimum atomic E-state index is -0.333. The van der Waals surface area contributed by atoms with Crippen molar-refractivity contribution in [3.05, 3.63) is 107 Å². The van der Waals surface area contributed by atoms with Crippen molar-refractivity contribution in [2.75, 3.05) is 5.32 Å². The highest BCUT2D eigenvalue weighted by atomic mass is 16.3. The van der Waals surface area contributed by atoms with Crippen molar-refractivity contribution >= 4 is 34.4 Å². The minimum Gasteiger partial charge on any atom is -0.450 e. The Bertz CT molecular complexity index is 1250. The maximum atomic E-state index is 13.1. The van der Waals surface area contributed by atoms with E-state index in [2.05, 4.69) is 5.32 Å². The van der Waals surface area contributed by atoms with Crippen LogP contribution in [0.1, 0.15) is 32.8 Å². The van der Waals surface area contributed by atoms with Crippen LogP contribution in [0.4, 0.5) is 5.69 Å². The molecule has 0 aliphatic rings. The van der Waals surface area contributed by atoms with E-state index in [-0.39, 0.29) is 17.5 Å². The number of hydrogen-bond acceptors (Lipinski definition) is 3. The van der Waals surface area contributed by atoms with Crippen LogP contribution in [-0.4, -0.2) is 11.7 Å². The lowest BCUT2D eigenvalue weighted by molar-refractivity contribution is -0.111. The van der Waals surface area contributed by atoms with Crippen LogP contribution in [0.5, 0.6) is 0 Å². The normalized spacial score (nSPS) is 11.1. The highest BCUT2D eigenvalue weighted by Crippen LogP contribution is 2.32. The van der Waals surface area contributed by atoms with Gasteiger partial charge in [0.05, 0.1) is 5.69 Å². The van der Waals surface area contributed by atoms with Crippen LogP contribution in [0, 0.1) is 13.8 Å². The summed E-state index contributed by atoms with van der Waals surface area (Å²) in [5, 5.41) is 3.52. The maximum Gasteiger partial charge on any atom is 0.248 e. The number of carbonyl (C=O) groups excluding carboxylic acids is 2. The Balaban J connectivity index is 1.66. The Morgan fingerprint density at radius 1 is 0.833 bits per heavy atom. The van der Waals surface area contributed by atoms with Crippen LogP contribution in [0.25, 0.3) is 17.0 Å². The molecule has 1 amide bonds. The summed E-state index contributed by atoms with van der Waals surface area (Å²) in [6.07, 6.45) is 3.19. The van der Waals surface area contributed by atoms with Crippen molar-refractivity contribution in [2.24, 2.45) is 0 Å². The predicted molar refractivity (Wildman–Crippen MR) is 120 cm³/mol. The van der Waals surface area contributed by atoms with Gasteiger partial charge in [0.25, 0.3) is 0 Å². The van der Waals surface area contributed by atoms with E-state index in [4.69, 9.17) is 4.42 Å². The molecule has 1 aromatic heterocycles. The number of amides is 1. The van der Waals surface area contributed by atoms with Crippen LogP contribution in [0.15, 0.2) is 83.3 Å². The Kier molecular flexibility index (Phi) is 5.31. The van der Waals surface area contributed by atoms with E-state index >= 15 is 0 Å². The Hall–Kier alpha value is -3.92. The molecule has 4 heteroatoms. The third-order valence-electron chi connectivity index (χ3n) is 4.87. The van der Waals surface area contributed by atoms with Gasteiger partial charge in [0, 0.05) is 17.0 Å². The fraction of sp³-hybridized carbons (Fsp3) is 0.0769. The highest BCUT2D eigenvalue weighted by Gasteiger charge is 2.22. The number of rotatable bonds is 5. The molecule has 0 unspecified atom stereocenters. The van der Waals surface area contributed by atoms with E-state index in [1.807, 2.05) is 68.4 Å². The molecule has 4 aromatic rings. The van der Waals surface area contributed by atoms with Crippen molar-refractivity contribution in [3.8, 4) is 0 Å². The first kappa shape index (κ1) is 19.4. The molecule has 4 rings (SSSR count). The van der Waals surface area contributed by atoms with Crippen LogP contribution >= 0.6 is 0 Å². The van der Waals surface area contributed by atoms with Crippen LogP contribution in [0.2, 0.25) is 0 Å². The van der Waals surface area contributed by atoms with Crippen molar-refractivity contribution < 1.29 is 14.0 Å². The average molecular weight is 395 g/mol. The number of aryl methyl sites for hydroxylation is 2. The number of carbonyl (C=O) groups is 2. The van der Waals surface area contributed by atoms with Gasteiger partial charge in [0.15, 0.2) is 5.76 Å². The van der Waals surface area contributed by atoms with Gasteiger partial charge in [-0.15, -0.1) is 0 Å². The average Bonchev–Trinajstić information content (AvgIpc) is 3.12. The number of para-hydroxylation sites is 1. The molecule has 0 aliphatic carbocycles. The number of benzene rings is 3. The van der Waals surface area contributed by atoms with E-state index in [0.717, 1.165) is 16.7 Å². The lowest BCUT2D eigenvalue weighted by Gasteiger charge is -2.04. The number of ketones is 1. The molecule has 0 aliphatic heterocycles. The molecule has 0 spiro atoms. The molecule has 1 N–H and O–H groups in total. The second-order valence-electron chi connectivity index (χ2n) is 7.23. The van der Waals surface area contributed by atoms with Crippen molar-refractivity contribution in [3.63, 3.8) is 0 Å². The Labute approximate surface area is 174 Å². The van der Waals surface area contributed by atoms with E-state index in [9.17, 15) is 9.59 Å². The zero-order valence-corrected chi connectivity index (χ0v) is 16.8. The van der Waals surface area contributed by atoms with E-state index in [1.165, 1.54) is 6.08 Å². The summed E-state index contributed by atoms with van der Waals surface area (Å²) in [5.41, 5.74) is 4.57. The Morgan fingerprint density at radius 3 is 2.17 bits per heavy atom. The molecule has 0 saturated heterocycles. The van der Waals surface area contributed by atoms with Crippen molar-refractivity contribution in [2.45, 2.75) is 13.8 Å². The van der Waals surface area contributed by atoms with Gasteiger partial charge < -0.3 is 9.73 Å². The number of furan rings is 1. The number of nitrogens with one attached hydrogen (secondary N) is 1. The molecular weight excluding hydrogens is 374 g/mol. The first-order valence-corrected chi connectivity index (χ1v) is 9.70. The summed E-state index contributed by atoms with van der Waals surface area (Å²) < 4.78 is 5.83. The van der Waals surface area contributed by atoms with E-state index < -0.39 is 0 Å². The molecule has 0 fully saturated rings. The molecule has 148 valence electrons. The molecule has 4 nitrogen and oxygen atoms in total. The molecule has 30 heavy (non-hydrogen) atoms. The minimum absolute atomic E-state index is 0.122. The van der Waals surface area contributed by atoms with Crippen LogP contribution in [0.3, 0.4) is 0 Å². The first-order chi connectivity index (χ1) is 14.5. The zero-order chi connectivity index (χ0) is 21.1. The van der Waals surface area contributed by atoms with Crippen molar-refractivity contribution in [1.29, 1.82) is 0 Å². The molecule has 0 saturated carbocycles. The van der Waals surface area contributed by atoms with Gasteiger partial charge in [0.1, 0.15) is 5.58 Å². The van der Waals surface area contributed by atoms with Gasteiger partial charge in [-0.3, -0.25) is 9.59 Å². The second kappa shape index (κ2) is 8.21. The van der Waals surface area contributed by atoms with Crippen LogP contribution in [-0.2, 0) is 4.79 Å². The van der Waals surface area contributed by atoms with E-state index in [1.54, 1.807) is 24.3 Å². The standard InChI is InChI=1S/C26H21NO3/c1-17-7-11-19(12-8-17)13-16-23(28)27-24-21-5-3-4-6-22(21)30-26(24)25(29)20-14-9-18(2)10-15-20/h3-16H,1-2H3,(H,27,28). The summed E-state index contributed by atoms with van der Waals surface area (Å²) in [4.78, 5) is 25.7. The Morgan fingerprint density at radius 2 is 1.47 bits per heavy atom. The van der Waals surface area contributed by atoms with Gasteiger partial charge in [-0.1, -0.05) is 71.8 Å². The summed E-state index contributed by atoms with van der Waals surface area (Å²) in [6.45, 7) is 3.97. The monoisotopic (exact) mass is 395 g/mol. The first-order valence-electron chi connectivity index (χ1n) is 9.70. The third kappa shape index (κ3) is 4.08. The van der Waals surface area contributed by atoms with Gasteiger partial charge in [-0.2, -0.15) is 0 Å². The van der Waals surface area contributed by atoms with Gasteiger partial charge >= 0.3 is 0 Å². The molecule has 0 atom stereocenters. The number of hydrogen-bond donors (Lipinski definition) is 1.